The lowest BCUT2D eigenvalue weighted by Crippen LogP contribution is -2.43. The van der Waals surface area contributed by atoms with Gasteiger partial charge in [-0.15, -0.1) is 0 Å². The van der Waals surface area contributed by atoms with Gasteiger partial charge in [0.15, 0.2) is 0 Å². The summed E-state index contributed by atoms with van der Waals surface area (Å²) < 4.78 is 20.4. The number of benzene rings is 1. The van der Waals surface area contributed by atoms with Gasteiger partial charge in [0.2, 0.25) is 0 Å². The average molecular weight is 320 g/mol. The Balaban J connectivity index is 1.93. The Morgan fingerprint density at radius 3 is 2.83 bits per heavy atom. The first kappa shape index (κ1) is 16.8. The second-order valence-electron chi connectivity index (χ2n) is 5.35. The summed E-state index contributed by atoms with van der Waals surface area (Å²) in [5.41, 5.74) is 0.586. The third-order valence-electron chi connectivity index (χ3n) is 3.40. The minimum absolute atomic E-state index is 0.100. The highest BCUT2D eigenvalue weighted by Crippen LogP contribution is 2.25. The van der Waals surface area contributed by atoms with Gasteiger partial charge in [-0.05, 0) is 38.1 Å². The number of nitrogens with one attached hydrogen (secondary N) is 2. The van der Waals surface area contributed by atoms with Crippen LogP contribution in [-0.4, -0.2) is 29.0 Å². The van der Waals surface area contributed by atoms with E-state index in [1.165, 1.54) is 19.2 Å². The van der Waals surface area contributed by atoms with E-state index in [-0.39, 0.29) is 17.9 Å². The molecule has 2 N–H and O–H groups in total. The topological polar surface area (TPSA) is 68.2 Å². The van der Waals surface area contributed by atoms with E-state index in [1.807, 2.05) is 19.2 Å². The Morgan fingerprint density at radius 1 is 1.39 bits per heavy atom. The number of halogens is 1. The van der Waals surface area contributed by atoms with E-state index in [9.17, 15) is 9.18 Å². The molecule has 1 aromatic heterocycles. The van der Waals surface area contributed by atoms with Crippen LogP contribution < -0.4 is 15.4 Å². The largest absolute Gasteiger partial charge is 0.496 e. The fourth-order valence-corrected chi connectivity index (χ4v) is 2.32. The number of nitrogens with zero attached hydrogens (tertiary/aromatic N) is 2. The van der Waals surface area contributed by atoms with Crippen LogP contribution in [0.1, 0.15) is 25.5 Å². The third-order valence-corrected chi connectivity index (χ3v) is 3.40. The summed E-state index contributed by atoms with van der Waals surface area (Å²) in [6.45, 7) is 4.22. The SMILES string of the molecule is COc1ccc(F)cc1[C@@H](C)NC(=O)N[C@H](C)Cn1cccn1. The highest BCUT2D eigenvalue weighted by atomic mass is 19.1. The first-order chi connectivity index (χ1) is 11.0. The fraction of sp³-hybridized carbons (Fsp3) is 0.375. The maximum atomic E-state index is 13.4. The Labute approximate surface area is 134 Å². The van der Waals surface area contributed by atoms with Gasteiger partial charge in [-0.2, -0.15) is 5.10 Å². The molecule has 0 spiro atoms. The molecule has 0 saturated carbocycles. The van der Waals surface area contributed by atoms with Crippen molar-refractivity contribution in [3.8, 4) is 5.75 Å². The zero-order valence-corrected chi connectivity index (χ0v) is 13.4. The Bertz CT molecular complexity index is 646. The number of carbonyl (C=O) groups is 1. The minimum atomic E-state index is -0.391. The number of aromatic nitrogens is 2. The number of amides is 2. The second kappa shape index (κ2) is 7.62. The van der Waals surface area contributed by atoms with Crippen molar-refractivity contribution in [1.29, 1.82) is 0 Å². The molecule has 0 saturated heterocycles. The first-order valence-corrected chi connectivity index (χ1v) is 7.37. The lowest BCUT2D eigenvalue weighted by atomic mass is 10.1. The zero-order valence-electron chi connectivity index (χ0n) is 13.4. The van der Waals surface area contributed by atoms with Gasteiger partial charge in [-0.3, -0.25) is 4.68 Å². The summed E-state index contributed by atoms with van der Waals surface area (Å²) in [5.74, 6) is 0.158. The normalized spacial score (nSPS) is 13.2. The summed E-state index contributed by atoms with van der Waals surface area (Å²) in [5, 5.41) is 9.70. The molecule has 2 aromatic rings. The van der Waals surface area contributed by atoms with Gasteiger partial charge < -0.3 is 15.4 Å². The van der Waals surface area contributed by atoms with Crippen LogP contribution in [0.2, 0.25) is 0 Å². The van der Waals surface area contributed by atoms with Crippen LogP contribution >= 0.6 is 0 Å². The number of methoxy groups -OCH3 is 1. The van der Waals surface area contributed by atoms with Crippen LogP contribution in [0.25, 0.3) is 0 Å². The molecule has 0 bridgehead atoms. The minimum Gasteiger partial charge on any atom is -0.496 e. The van der Waals surface area contributed by atoms with Crippen molar-refractivity contribution in [3.05, 3.63) is 48.0 Å². The fourth-order valence-electron chi connectivity index (χ4n) is 2.32. The van der Waals surface area contributed by atoms with Crippen molar-refractivity contribution in [2.24, 2.45) is 0 Å². The number of urea groups is 1. The van der Waals surface area contributed by atoms with E-state index in [0.29, 0.717) is 17.9 Å². The van der Waals surface area contributed by atoms with E-state index in [4.69, 9.17) is 4.74 Å². The summed E-state index contributed by atoms with van der Waals surface area (Å²) in [7, 11) is 1.51. The number of rotatable bonds is 6. The molecule has 2 rings (SSSR count). The number of hydrogen-bond donors (Lipinski definition) is 2. The third kappa shape index (κ3) is 4.70. The van der Waals surface area contributed by atoms with Crippen molar-refractivity contribution < 1.29 is 13.9 Å². The van der Waals surface area contributed by atoms with Crippen molar-refractivity contribution >= 4 is 6.03 Å². The molecule has 1 heterocycles. The van der Waals surface area contributed by atoms with Gasteiger partial charge in [0.05, 0.1) is 19.7 Å². The molecule has 2 amide bonds. The Hall–Kier alpha value is -2.57. The van der Waals surface area contributed by atoms with E-state index in [2.05, 4.69) is 15.7 Å². The van der Waals surface area contributed by atoms with Gasteiger partial charge in [0.25, 0.3) is 0 Å². The summed E-state index contributed by atoms with van der Waals surface area (Å²) in [4.78, 5) is 12.1. The molecule has 0 unspecified atom stereocenters. The van der Waals surface area contributed by atoms with Gasteiger partial charge in [-0.25, -0.2) is 9.18 Å². The van der Waals surface area contributed by atoms with Crippen molar-refractivity contribution in [2.75, 3.05) is 7.11 Å². The highest BCUT2D eigenvalue weighted by molar-refractivity contribution is 5.74. The van der Waals surface area contributed by atoms with Crippen LogP contribution in [0, 0.1) is 5.82 Å². The van der Waals surface area contributed by atoms with Crippen molar-refractivity contribution in [3.63, 3.8) is 0 Å². The van der Waals surface area contributed by atoms with Gasteiger partial charge in [0.1, 0.15) is 11.6 Å². The monoisotopic (exact) mass is 320 g/mol. The maximum Gasteiger partial charge on any atom is 0.315 e. The van der Waals surface area contributed by atoms with Gasteiger partial charge in [-0.1, -0.05) is 0 Å². The quantitative estimate of drug-likeness (QED) is 0.859. The summed E-state index contributed by atoms with van der Waals surface area (Å²) in [6, 6.07) is 5.22. The van der Waals surface area contributed by atoms with E-state index < -0.39 is 6.04 Å². The molecule has 0 fully saturated rings. The van der Waals surface area contributed by atoms with Crippen molar-refractivity contribution in [2.45, 2.75) is 32.5 Å². The molecule has 0 aliphatic rings. The number of ether oxygens (including phenoxy) is 1. The zero-order chi connectivity index (χ0) is 16.8. The molecule has 7 heteroatoms. The highest BCUT2D eigenvalue weighted by Gasteiger charge is 2.16. The first-order valence-electron chi connectivity index (χ1n) is 7.37. The van der Waals surface area contributed by atoms with Crippen LogP contribution in [0.3, 0.4) is 0 Å². The van der Waals surface area contributed by atoms with Crippen LogP contribution in [-0.2, 0) is 6.54 Å². The Morgan fingerprint density at radius 2 is 2.17 bits per heavy atom. The predicted molar refractivity (Wildman–Crippen MR) is 84.7 cm³/mol. The maximum absolute atomic E-state index is 13.4. The summed E-state index contributed by atoms with van der Waals surface area (Å²) in [6.07, 6.45) is 3.52. The Kier molecular flexibility index (Phi) is 5.56. The average Bonchev–Trinajstić information content (AvgIpc) is 2.99. The molecule has 6 nitrogen and oxygen atoms in total. The number of carbonyl (C=O) groups excluding carboxylic acids is 1. The van der Waals surface area contributed by atoms with Crippen LogP contribution in [0.4, 0.5) is 9.18 Å². The summed E-state index contributed by atoms with van der Waals surface area (Å²) >= 11 is 0. The van der Waals surface area contributed by atoms with Crippen LogP contribution in [0.15, 0.2) is 36.7 Å². The van der Waals surface area contributed by atoms with E-state index >= 15 is 0 Å². The standard InChI is InChI=1S/C16H21FN4O2/c1-11(10-21-8-4-7-18-21)19-16(22)20-12(2)14-9-13(17)5-6-15(14)23-3/h4-9,11-12H,10H2,1-3H3,(H2,19,20,22)/t11-,12-/m1/s1. The van der Waals surface area contributed by atoms with Gasteiger partial charge >= 0.3 is 6.03 Å². The van der Waals surface area contributed by atoms with E-state index in [0.717, 1.165) is 0 Å². The molecule has 0 radical (unpaired) electrons. The molecule has 1 aromatic carbocycles. The van der Waals surface area contributed by atoms with Gasteiger partial charge in [0, 0.05) is 24.0 Å². The lowest BCUT2D eigenvalue weighted by Gasteiger charge is -2.20. The smallest absolute Gasteiger partial charge is 0.315 e. The molecular weight excluding hydrogens is 299 g/mol. The number of hydrogen-bond acceptors (Lipinski definition) is 3. The van der Waals surface area contributed by atoms with Crippen LogP contribution in [0.5, 0.6) is 5.75 Å². The molecule has 0 aliphatic heterocycles. The molecular formula is C16H21FN4O2. The molecule has 2 atom stereocenters. The van der Waals surface area contributed by atoms with E-state index in [1.54, 1.807) is 23.9 Å². The molecule has 124 valence electrons. The predicted octanol–water partition coefficient (Wildman–Crippen LogP) is 2.48. The molecule has 0 aliphatic carbocycles. The second-order valence-corrected chi connectivity index (χ2v) is 5.35. The van der Waals surface area contributed by atoms with Crippen molar-refractivity contribution in [1.82, 2.24) is 20.4 Å². The molecule has 23 heavy (non-hydrogen) atoms. The lowest BCUT2D eigenvalue weighted by molar-refractivity contribution is 0.233.